The van der Waals surface area contributed by atoms with Gasteiger partial charge in [-0.2, -0.15) is 0 Å². The minimum atomic E-state index is -0.694. The third-order valence-electron chi connectivity index (χ3n) is 3.18. The molecular formula is C16H30N2O4. The molecule has 6 heteroatoms. The highest BCUT2D eigenvalue weighted by Crippen LogP contribution is 2.03. The quantitative estimate of drug-likeness (QED) is 0.450. The zero-order valence-electron chi connectivity index (χ0n) is 14.2. The summed E-state index contributed by atoms with van der Waals surface area (Å²) >= 11 is 0. The second kappa shape index (κ2) is 12.0. The van der Waals surface area contributed by atoms with Crippen LogP contribution in [0.4, 0.5) is 0 Å². The fraction of sp³-hybridized carbons (Fsp3) is 0.812. The molecule has 2 amide bonds. The summed E-state index contributed by atoms with van der Waals surface area (Å²) in [4.78, 5) is 35.4. The monoisotopic (exact) mass is 314 g/mol. The van der Waals surface area contributed by atoms with Crippen LogP contribution in [0.25, 0.3) is 0 Å². The van der Waals surface area contributed by atoms with Gasteiger partial charge in [0, 0.05) is 18.9 Å². The van der Waals surface area contributed by atoms with Gasteiger partial charge in [0.05, 0.1) is 6.61 Å². The maximum Gasteiger partial charge on any atom is 0.305 e. The average molecular weight is 314 g/mol. The lowest BCUT2D eigenvalue weighted by Gasteiger charge is -2.19. The van der Waals surface area contributed by atoms with Gasteiger partial charge in [-0.3, -0.25) is 14.4 Å². The van der Waals surface area contributed by atoms with Gasteiger partial charge in [0.1, 0.15) is 6.04 Å². The molecule has 0 radical (unpaired) electrons. The van der Waals surface area contributed by atoms with Crippen LogP contribution in [-0.2, 0) is 19.1 Å². The summed E-state index contributed by atoms with van der Waals surface area (Å²) in [5.41, 5.74) is 0. The van der Waals surface area contributed by atoms with Crippen molar-refractivity contribution in [3.63, 3.8) is 0 Å². The van der Waals surface area contributed by atoms with E-state index in [1.165, 1.54) is 0 Å². The minimum Gasteiger partial charge on any atom is -0.466 e. The molecule has 0 aromatic rings. The summed E-state index contributed by atoms with van der Waals surface area (Å²) in [5.74, 6) is -1.00. The molecule has 0 saturated carbocycles. The Hall–Kier alpha value is -1.59. The highest BCUT2D eigenvalue weighted by atomic mass is 16.5. The molecule has 0 spiro atoms. The van der Waals surface area contributed by atoms with Crippen LogP contribution in [0.15, 0.2) is 0 Å². The van der Waals surface area contributed by atoms with Crippen molar-refractivity contribution in [1.82, 2.24) is 10.6 Å². The topological polar surface area (TPSA) is 84.5 Å². The van der Waals surface area contributed by atoms with E-state index in [4.69, 9.17) is 4.74 Å². The van der Waals surface area contributed by atoms with E-state index in [1.54, 1.807) is 20.8 Å². The van der Waals surface area contributed by atoms with Gasteiger partial charge in [0.25, 0.3) is 0 Å². The predicted molar refractivity (Wildman–Crippen MR) is 85.2 cm³/mol. The summed E-state index contributed by atoms with van der Waals surface area (Å²) in [5, 5.41) is 5.51. The molecule has 2 N–H and O–H groups in total. The van der Waals surface area contributed by atoms with Crippen LogP contribution >= 0.6 is 0 Å². The second-order valence-electron chi connectivity index (χ2n) is 5.56. The highest BCUT2D eigenvalue weighted by Gasteiger charge is 2.22. The molecule has 0 rings (SSSR count). The largest absolute Gasteiger partial charge is 0.466 e. The number of unbranched alkanes of at least 4 members (excludes halogenated alkanes) is 2. The first-order valence-corrected chi connectivity index (χ1v) is 8.16. The smallest absolute Gasteiger partial charge is 0.305 e. The molecule has 0 aliphatic carbocycles. The van der Waals surface area contributed by atoms with E-state index in [9.17, 15) is 14.4 Å². The van der Waals surface area contributed by atoms with Crippen LogP contribution in [0.5, 0.6) is 0 Å². The van der Waals surface area contributed by atoms with Crippen LogP contribution in [0.2, 0.25) is 0 Å². The Morgan fingerprint density at radius 1 is 1.05 bits per heavy atom. The van der Waals surface area contributed by atoms with E-state index in [2.05, 4.69) is 17.6 Å². The summed E-state index contributed by atoms with van der Waals surface area (Å²) < 4.78 is 4.85. The maximum atomic E-state index is 12.2. The normalized spacial score (nSPS) is 11.9. The number of carbonyl (C=O) groups excluding carboxylic acids is 3. The minimum absolute atomic E-state index is 0.110. The summed E-state index contributed by atoms with van der Waals surface area (Å²) in [6, 6.07) is -0.694. The Labute approximate surface area is 133 Å². The second-order valence-corrected chi connectivity index (χ2v) is 5.56. The molecule has 0 unspecified atom stereocenters. The Bertz CT molecular complexity index is 356. The maximum absolute atomic E-state index is 12.2. The zero-order chi connectivity index (χ0) is 17.0. The zero-order valence-corrected chi connectivity index (χ0v) is 14.2. The third-order valence-corrected chi connectivity index (χ3v) is 3.18. The van der Waals surface area contributed by atoms with Gasteiger partial charge in [-0.1, -0.05) is 33.6 Å². The van der Waals surface area contributed by atoms with Gasteiger partial charge in [0.15, 0.2) is 0 Å². The number of hydrogen-bond acceptors (Lipinski definition) is 4. The van der Waals surface area contributed by atoms with E-state index in [0.717, 1.165) is 19.3 Å². The molecule has 0 heterocycles. The van der Waals surface area contributed by atoms with Crippen LogP contribution in [0.1, 0.15) is 59.8 Å². The molecule has 0 saturated heterocycles. The molecule has 6 nitrogen and oxygen atoms in total. The van der Waals surface area contributed by atoms with Crippen LogP contribution in [0, 0.1) is 5.92 Å². The molecule has 0 aliphatic rings. The number of hydrogen-bond donors (Lipinski definition) is 2. The van der Waals surface area contributed by atoms with E-state index in [1.807, 2.05) is 0 Å². The molecule has 1 atom stereocenters. The first-order valence-electron chi connectivity index (χ1n) is 8.16. The van der Waals surface area contributed by atoms with Gasteiger partial charge in [0.2, 0.25) is 11.8 Å². The number of amides is 2. The SMILES string of the molecule is CCCCCNC(=O)[C@@H](CCC(=O)OCC)NC(=O)C(C)C. The Morgan fingerprint density at radius 2 is 1.73 bits per heavy atom. The number of ether oxygens (including phenoxy) is 1. The first kappa shape index (κ1) is 20.4. The number of rotatable bonds is 11. The van der Waals surface area contributed by atoms with Gasteiger partial charge in [-0.05, 0) is 19.8 Å². The highest BCUT2D eigenvalue weighted by molar-refractivity contribution is 5.88. The van der Waals surface area contributed by atoms with Crippen molar-refractivity contribution in [2.75, 3.05) is 13.2 Å². The van der Waals surface area contributed by atoms with Crippen molar-refractivity contribution in [3.8, 4) is 0 Å². The molecule has 0 aromatic heterocycles. The van der Waals surface area contributed by atoms with E-state index in [-0.39, 0.29) is 36.5 Å². The lowest BCUT2D eigenvalue weighted by molar-refractivity contribution is -0.143. The van der Waals surface area contributed by atoms with E-state index < -0.39 is 6.04 Å². The molecule has 0 aliphatic heterocycles. The molecule has 0 aromatic carbocycles. The molecule has 0 fully saturated rings. The van der Waals surface area contributed by atoms with Crippen molar-refractivity contribution in [3.05, 3.63) is 0 Å². The molecule has 128 valence electrons. The van der Waals surface area contributed by atoms with E-state index >= 15 is 0 Å². The van der Waals surface area contributed by atoms with Crippen molar-refractivity contribution in [1.29, 1.82) is 0 Å². The van der Waals surface area contributed by atoms with Crippen molar-refractivity contribution in [2.45, 2.75) is 65.8 Å². The lowest BCUT2D eigenvalue weighted by atomic mass is 10.1. The summed E-state index contributed by atoms with van der Waals surface area (Å²) in [7, 11) is 0. The van der Waals surface area contributed by atoms with Gasteiger partial charge < -0.3 is 15.4 Å². The number of nitrogens with one attached hydrogen (secondary N) is 2. The van der Waals surface area contributed by atoms with Crippen molar-refractivity contribution in [2.24, 2.45) is 5.92 Å². The van der Waals surface area contributed by atoms with Crippen molar-refractivity contribution < 1.29 is 19.1 Å². The van der Waals surface area contributed by atoms with Gasteiger partial charge in [-0.25, -0.2) is 0 Å². The predicted octanol–water partition coefficient (Wildman–Crippen LogP) is 1.78. The molecule has 0 bridgehead atoms. The summed E-state index contributed by atoms with van der Waals surface area (Å²) in [6.45, 7) is 8.24. The standard InChI is InChI=1S/C16H30N2O4/c1-5-7-8-11-17-16(21)13(18-15(20)12(3)4)9-10-14(19)22-6-2/h12-13H,5-11H2,1-4H3,(H,17,21)(H,18,20)/t13-/m1/s1. The molecular weight excluding hydrogens is 284 g/mol. The Kier molecular flexibility index (Phi) is 11.1. The van der Waals surface area contributed by atoms with Crippen LogP contribution in [-0.4, -0.2) is 37.0 Å². The Balaban J connectivity index is 4.46. The third kappa shape index (κ3) is 9.37. The first-order chi connectivity index (χ1) is 10.4. The van der Waals surface area contributed by atoms with Gasteiger partial charge >= 0.3 is 5.97 Å². The van der Waals surface area contributed by atoms with E-state index in [0.29, 0.717) is 13.2 Å². The van der Waals surface area contributed by atoms with Crippen LogP contribution in [0.3, 0.4) is 0 Å². The number of carbonyl (C=O) groups is 3. The summed E-state index contributed by atoms with van der Waals surface area (Å²) in [6.07, 6.45) is 3.39. The fourth-order valence-electron chi connectivity index (χ4n) is 1.81. The van der Waals surface area contributed by atoms with Crippen molar-refractivity contribution >= 4 is 17.8 Å². The number of esters is 1. The Morgan fingerprint density at radius 3 is 2.27 bits per heavy atom. The lowest BCUT2D eigenvalue weighted by Crippen LogP contribution is -2.48. The fourth-order valence-corrected chi connectivity index (χ4v) is 1.81. The van der Waals surface area contributed by atoms with Crippen LogP contribution < -0.4 is 10.6 Å². The van der Waals surface area contributed by atoms with Gasteiger partial charge in [-0.15, -0.1) is 0 Å². The average Bonchev–Trinajstić information content (AvgIpc) is 2.47. The molecule has 22 heavy (non-hydrogen) atoms.